The van der Waals surface area contributed by atoms with Gasteiger partial charge in [-0.1, -0.05) is 42.0 Å². The van der Waals surface area contributed by atoms with E-state index in [4.69, 9.17) is 0 Å². The molecule has 4 nitrogen and oxygen atoms in total. The lowest BCUT2D eigenvalue weighted by Crippen LogP contribution is -2.41. The van der Waals surface area contributed by atoms with Crippen molar-refractivity contribution in [3.8, 4) is 0 Å². The summed E-state index contributed by atoms with van der Waals surface area (Å²) in [6, 6.07) is 10.7. The van der Waals surface area contributed by atoms with Crippen molar-refractivity contribution in [2.75, 3.05) is 26.2 Å². The zero-order valence-electron chi connectivity index (χ0n) is 18.2. The predicted octanol–water partition coefficient (Wildman–Crippen LogP) is 4.60. The Hall–Kier alpha value is -2.10. The lowest BCUT2D eigenvalue weighted by molar-refractivity contribution is -0.133. The fourth-order valence-corrected chi connectivity index (χ4v) is 5.39. The molecular weight excluding hydrogens is 372 g/mol. The van der Waals surface area contributed by atoms with Crippen LogP contribution in [0.5, 0.6) is 0 Å². The van der Waals surface area contributed by atoms with E-state index in [0.29, 0.717) is 31.1 Å². The molecule has 2 aliphatic heterocycles. The lowest BCUT2D eigenvalue weighted by Gasteiger charge is -2.36. The third-order valence-electron chi connectivity index (χ3n) is 7.28. The zero-order valence-corrected chi connectivity index (χ0v) is 18.2. The predicted molar refractivity (Wildman–Crippen MR) is 120 cm³/mol. The van der Waals surface area contributed by atoms with Gasteiger partial charge in [-0.3, -0.25) is 9.59 Å². The van der Waals surface area contributed by atoms with Gasteiger partial charge in [-0.05, 0) is 68.8 Å². The summed E-state index contributed by atoms with van der Waals surface area (Å²) >= 11 is 0. The zero-order chi connectivity index (χ0) is 20.8. The van der Waals surface area contributed by atoms with Gasteiger partial charge in [0.05, 0.1) is 0 Å². The number of carbonyl (C=O) groups is 2. The second kappa shape index (κ2) is 10.3. The van der Waals surface area contributed by atoms with Gasteiger partial charge in [-0.15, -0.1) is 0 Å². The number of hydrogen-bond acceptors (Lipinski definition) is 2. The van der Waals surface area contributed by atoms with Crippen molar-refractivity contribution < 1.29 is 9.59 Å². The Balaban J connectivity index is 1.14. The van der Waals surface area contributed by atoms with Crippen LogP contribution in [-0.4, -0.2) is 47.8 Å². The molecule has 0 aromatic heterocycles. The molecule has 4 heteroatoms. The number of benzene rings is 1. The number of fused-ring (bicyclic) bond motifs is 1. The van der Waals surface area contributed by atoms with Crippen LogP contribution in [0, 0.1) is 11.8 Å². The molecule has 0 N–H and O–H groups in total. The molecule has 1 aromatic rings. The summed E-state index contributed by atoms with van der Waals surface area (Å²) in [4.78, 5) is 29.3. The van der Waals surface area contributed by atoms with Gasteiger partial charge in [0.1, 0.15) is 0 Å². The van der Waals surface area contributed by atoms with E-state index in [2.05, 4.69) is 36.4 Å². The topological polar surface area (TPSA) is 40.6 Å². The van der Waals surface area contributed by atoms with Gasteiger partial charge in [-0.25, -0.2) is 0 Å². The van der Waals surface area contributed by atoms with Crippen LogP contribution >= 0.6 is 0 Å². The minimum Gasteiger partial charge on any atom is -0.343 e. The fraction of sp³-hybridized carbons (Fsp3) is 0.615. The standard InChI is InChI=1S/C26H36N2O2/c29-25(27-16-13-22(14-17-27)19-21-7-2-1-3-8-21)11-6-12-26(30)28-18-15-23-9-4-5-10-24(23)20-28/h1-3,7-8,10,22-23H,4-6,9,11-20H2. The molecule has 2 saturated heterocycles. The summed E-state index contributed by atoms with van der Waals surface area (Å²) in [7, 11) is 0. The van der Waals surface area contributed by atoms with E-state index in [9.17, 15) is 9.59 Å². The first-order valence-corrected chi connectivity index (χ1v) is 12.0. The first-order chi connectivity index (χ1) is 14.7. The number of amides is 2. The second-order valence-corrected chi connectivity index (χ2v) is 9.38. The molecule has 1 atom stereocenters. The Bertz CT molecular complexity index is 750. The summed E-state index contributed by atoms with van der Waals surface area (Å²) in [5.74, 6) is 1.85. The van der Waals surface area contributed by atoms with Crippen molar-refractivity contribution in [1.29, 1.82) is 0 Å². The van der Waals surface area contributed by atoms with E-state index >= 15 is 0 Å². The van der Waals surface area contributed by atoms with Crippen LogP contribution < -0.4 is 0 Å². The average Bonchev–Trinajstić information content (AvgIpc) is 2.79. The van der Waals surface area contributed by atoms with Crippen LogP contribution in [0.15, 0.2) is 42.0 Å². The van der Waals surface area contributed by atoms with Crippen molar-refractivity contribution in [2.24, 2.45) is 11.8 Å². The smallest absolute Gasteiger partial charge is 0.222 e. The van der Waals surface area contributed by atoms with Crippen molar-refractivity contribution in [1.82, 2.24) is 9.80 Å². The molecule has 4 rings (SSSR count). The molecular formula is C26H36N2O2. The fourth-order valence-electron chi connectivity index (χ4n) is 5.39. The highest BCUT2D eigenvalue weighted by molar-refractivity contribution is 5.79. The number of carbonyl (C=O) groups excluding carboxylic acids is 2. The van der Waals surface area contributed by atoms with Gasteiger partial charge in [-0.2, -0.15) is 0 Å². The molecule has 3 aliphatic rings. The first kappa shape index (κ1) is 21.1. The van der Waals surface area contributed by atoms with E-state index in [1.165, 1.54) is 30.4 Å². The molecule has 0 spiro atoms. The molecule has 162 valence electrons. The summed E-state index contributed by atoms with van der Waals surface area (Å²) < 4.78 is 0. The highest BCUT2D eigenvalue weighted by Crippen LogP contribution is 2.32. The third-order valence-corrected chi connectivity index (χ3v) is 7.28. The maximum absolute atomic E-state index is 12.6. The normalized spacial score (nSPS) is 22.4. The van der Waals surface area contributed by atoms with Crippen LogP contribution in [0.25, 0.3) is 0 Å². The van der Waals surface area contributed by atoms with Crippen molar-refractivity contribution in [3.63, 3.8) is 0 Å². The van der Waals surface area contributed by atoms with Gasteiger partial charge in [0.2, 0.25) is 11.8 Å². The molecule has 2 fully saturated rings. The Morgan fingerprint density at radius 3 is 2.33 bits per heavy atom. The SMILES string of the molecule is O=C(CCCC(=O)N1CCC2CCCC=C2C1)N1CCC(Cc2ccccc2)CC1. The number of hydrogen-bond donors (Lipinski definition) is 0. The highest BCUT2D eigenvalue weighted by atomic mass is 16.2. The lowest BCUT2D eigenvalue weighted by atomic mass is 9.82. The molecule has 1 aromatic carbocycles. The molecule has 1 aliphatic carbocycles. The Labute approximate surface area is 181 Å². The number of piperidine rings is 2. The molecule has 0 saturated carbocycles. The van der Waals surface area contributed by atoms with Crippen molar-refractivity contribution in [3.05, 3.63) is 47.5 Å². The first-order valence-electron chi connectivity index (χ1n) is 12.0. The van der Waals surface area contributed by atoms with E-state index in [1.807, 2.05) is 9.80 Å². The van der Waals surface area contributed by atoms with Crippen LogP contribution in [0.3, 0.4) is 0 Å². The van der Waals surface area contributed by atoms with Gasteiger partial charge in [0.15, 0.2) is 0 Å². The van der Waals surface area contributed by atoms with Crippen LogP contribution in [0.2, 0.25) is 0 Å². The van der Waals surface area contributed by atoms with Gasteiger partial charge < -0.3 is 9.80 Å². The minimum atomic E-state index is 0.231. The number of likely N-dealkylation sites (tertiary alicyclic amines) is 2. The monoisotopic (exact) mass is 408 g/mol. The molecule has 1 unspecified atom stereocenters. The Morgan fingerprint density at radius 2 is 1.57 bits per heavy atom. The summed E-state index contributed by atoms with van der Waals surface area (Å²) in [6.45, 7) is 3.45. The van der Waals surface area contributed by atoms with E-state index < -0.39 is 0 Å². The molecule has 0 bridgehead atoms. The van der Waals surface area contributed by atoms with E-state index in [0.717, 1.165) is 51.9 Å². The van der Waals surface area contributed by atoms with Gasteiger partial charge in [0.25, 0.3) is 0 Å². The van der Waals surface area contributed by atoms with E-state index in [1.54, 1.807) is 0 Å². The third kappa shape index (κ3) is 5.53. The van der Waals surface area contributed by atoms with Crippen LogP contribution in [-0.2, 0) is 16.0 Å². The minimum absolute atomic E-state index is 0.231. The van der Waals surface area contributed by atoms with E-state index in [-0.39, 0.29) is 11.8 Å². The quantitative estimate of drug-likeness (QED) is 0.646. The molecule has 30 heavy (non-hydrogen) atoms. The largest absolute Gasteiger partial charge is 0.343 e. The van der Waals surface area contributed by atoms with Crippen LogP contribution in [0.4, 0.5) is 0 Å². The molecule has 0 radical (unpaired) electrons. The molecule has 2 heterocycles. The van der Waals surface area contributed by atoms with Crippen molar-refractivity contribution >= 4 is 11.8 Å². The average molecular weight is 409 g/mol. The Morgan fingerprint density at radius 1 is 0.867 bits per heavy atom. The number of allylic oxidation sites excluding steroid dienone is 1. The maximum Gasteiger partial charge on any atom is 0.222 e. The van der Waals surface area contributed by atoms with Crippen molar-refractivity contribution in [2.45, 2.75) is 64.2 Å². The van der Waals surface area contributed by atoms with Crippen LogP contribution in [0.1, 0.15) is 63.4 Å². The highest BCUT2D eigenvalue weighted by Gasteiger charge is 2.28. The van der Waals surface area contributed by atoms with Gasteiger partial charge >= 0.3 is 0 Å². The summed E-state index contributed by atoms with van der Waals surface area (Å²) in [6.07, 6.45) is 12.2. The Kier molecular flexibility index (Phi) is 7.24. The second-order valence-electron chi connectivity index (χ2n) is 9.38. The molecule has 2 amide bonds. The summed E-state index contributed by atoms with van der Waals surface area (Å²) in [5, 5.41) is 0. The summed E-state index contributed by atoms with van der Waals surface area (Å²) in [5.41, 5.74) is 2.88. The number of nitrogens with zero attached hydrogens (tertiary/aromatic N) is 2. The maximum atomic E-state index is 12.6. The van der Waals surface area contributed by atoms with Gasteiger partial charge in [0, 0.05) is 39.0 Å². The number of rotatable bonds is 6.